The van der Waals surface area contributed by atoms with Crippen LogP contribution in [0, 0.1) is 5.41 Å². The molecule has 0 atom stereocenters. The summed E-state index contributed by atoms with van der Waals surface area (Å²) >= 11 is 0. The molecule has 5 heteroatoms. The Balaban J connectivity index is 2.25. The summed E-state index contributed by atoms with van der Waals surface area (Å²) in [5.74, 6) is 0. The summed E-state index contributed by atoms with van der Waals surface area (Å²) < 4.78 is 25.3. The molecular formula is C11H22N2O2S. The maximum Gasteiger partial charge on any atom is 0.211 e. The minimum absolute atomic E-state index is 0.217. The third-order valence-electron chi connectivity index (χ3n) is 4.03. The minimum Gasteiger partial charge on any atom is -0.317 e. The maximum absolute atomic E-state index is 11.8. The van der Waals surface area contributed by atoms with E-state index in [4.69, 9.17) is 0 Å². The summed E-state index contributed by atoms with van der Waals surface area (Å²) in [5, 5.41) is 3.35. The van der Waals surface area contributed by atoms with Gasteiger partial charge in [-0.3, -0.25) is 0 Å². The van der Waals surface area contributed by atoms with Crippen molar-refractivity contribution in [3.63, 3.8) is 0 Å². The molecule has 2 rings (SSSR count). The molecule has 1 spiro atoms. The highest BCUT2D eigenvalue weighted by atomic mass is 32.2. The van der Waals surface area contributed by atoms with Gasteiger partial charge >= 0.3 is 0 Å². The fourth-order valence-corrected chi connectivity index (χ4v) is 4.91. The van der Waals surface area contributed by atoms with Crippen LogP contribution in [0.25, 0.3) is 0 Å². The Bertz CT molecular complexity index is 369. The second kappa shape index (κ2) is 3.68. The van der Waals surface area contributed by atoms with E-state index >= 15 is 0 Å². The predicted molar refractivity (Wildman–Crippen MR) is 64.8 cm³/mol. The molecule has 94 valence electrons. The molecule has 16 heavy (non-hydrogen) atoms. The van der Waals surface area contributed by atoms with Crippen LogP contribution in [0.1, 0.15) is 33.1 Å². The Hall–Kier alpha value is -0.130. The number of nitrogens with zero attached hydrogens (tertiary/aromatic N) is 1. The van der Waals surface area contributed by atoms with Crippen molar-refractivity contribution in [2.75, 3.05) is 25.9 Å². The van der Waals surface area contributed by atoms with Crippen LogP contribution in [-0.2, 0) is 10.0 Å². The minimum atomic E-state index is -3.07. The van der Waals surface area contributed by atoms with Gasteiger partial charge in [0.2, 0.25) is 10.0 Å². The molecule has 0 saturated carbocycles. The van der Waals surface area contributed by atoms with Crippen molar-refractivity contribution in [1.82, 2.24) is 9.62 Å². The highest BCUT2D eigenvalue weighted by Crippen LogP contribution is 2.47. The lowest BCUT2D eigenvalue weighted by Gasteiger charge is -2.33. The van der Waals surface area contributed by atoms with Crippen molar-refractivity contribution >= 4 is 10.0 Å². The Labute approximate surface area is 98.4 Å². The van der Waals surface area contributed by atoms with Crippen molar-refractivity contribution in [3.8, 4) is 0 Å². The van der Waals surface area contributed by atoms with Gasteiger partial charge in [-0.2, -0.15) is 4.31 Å². The molecule has 0 aromatic rings. The Morgan fingerprint density at radius 2 is 1.75 bits per heavy atom. The van der Waals surface area contributed by atoms with Gasteiger partial charge in [0, 0.05) is 12.1 Å². The fraction of sp³-hybridized carbons (Fsp3) is 1.00. The lowest BCUT2D eigenvalue weighted by molar-refractivity contribution is 0.215. The summed E-state index contributed by atoms with van der Waals surface area (Å²) in [6.07, 6.45) is 4.52. The van der Waals surface area contributed by atoms with Crippen LogP contribution in [0.15, 0.2) is 0 Å². The zero-order valence-electron chi connectivity index (χ0n) is 10.4. The van der Waals surface area contributed by atoms with Crippen molar-refractivity contribution in [3.05, 3.63) is 0 Å². The summed E-state index contributed by atoms with van der Waals surface area (Å²) in [5.41, 5.74) is 0.00273. The fourth-order valence-electron chi connectivity index (χ4n) is 3.44. The van der Waals surface area contributed by atoms with Gasteiger partial charge in [-0.05, 0) is 51.6 Å². The van der Waals surface area contributed by atoms with Gasteiger partial charge in [0.15, 0.2) is 0 Å². The summed E-state index contributed by atoms with van der Waals surface area (Å²) in [6, 6.07) is 0. The summed E-state index contributed by atoms with van der Waals surface area (Å²) in [6.45, 7) is 6.84. The highest BCUT2D eigenvalue weighted by Gasteiger charge is 2.51. The van der Waals surface area contributed by atoms with E-state index in [1.165, 1.54) is 6.26 Å². The second-order valence-corrected chi connectivity index (χ2v) is 7.92. The van der Waals surface area contributed by atoms with E-state index in [-0.39, 0.29) is 11.0 Å². The summed E-state index contributed by atoms with van der Waals surface area (Å²) in [7, 11) is -3.07. The lowest BCUT2D eigenvalue weighted by Crippen LogP contribution is -2.42. The zero-order valence-corrected chi connectivity index (χ0v) is 11.2. The highest BCUT2D eigenvalue weighted by molar-refractivity contribution is 7.88. The molecule has 2 saturated heterocycles. The average molecular weight is 246 g/mol. The van der Waals surface area contributed by atoms with Crippen LogP contribution in [-0.4, -0.2) is 44.2 Å². The summed E-state index contributed by atoms with van der Waals surface area (Å²) in [4.78, 5) is 0. The third-order valence-corrected chi connectivity index (χ3v) is 5.45. The monoisotopic (exact) mass is 246 g/mol. The number of hydrogen-bond donors (Lipinski definition) is 1. The molecule has 0 amide bonds. The van der Waals surface area contributed by atoms with E-state index in [9.17, 15) is 8.42 Å². The quantitative estimate of drug-likeness (QED) is 0.744. The molecule has 2 aliphatic rings. The Kier molecular flexibility index (Phi) is 2.84. The van der Waals surface area contributed by atoms with Crippen molar-refractivity contribution in [1.29, 1.82) is 0 Å². The topological polar surface area (TPSA) is 49.4 Å². The van der Waals surface area contributed by atoms with Crippen molar-refractivity contribution in [2.24, 2.45) is 5.41 Å². The molecule has 0 aromatic heterocycles. The van der Waals surface area contributed by atoms with E-state index in [1.807, 2.05) is 13.8 Å². The van der Waals surface area contributed by atoms with Crippen molar-refractivity contribution < 1.29 is 8.42 Å². The van der Waals surface area contributed by atoms with Gasteiger partial charge < -0.3 is 5.32 Å². The van der Waals surface area contributed by atoms with Gasteiger partial charge in [-0.25, -0.2) is 8.42 Å². The van der Waals surface area contributed by atoms with E-state index < -0.39 is 10.0 Å². The number of rotatable bonds is 1. The smallest absolute Gasteiger partial charge is 0.211 e. The van der Waals surface area contributed by atoms with E-state index in [2.05, 4.69) is 5.32 Å². The molecular weight excluding hydrogens is 224 g/mol. The Morgan fingerprint density at radius 1 is 1.19 bits per heavy atom. The molecule has 4 nitrogen and oxygen atoms in total. The number of hydrogen-bond acceptors (Lipinski definition) is 3. The van der Waals surface area contributed by atoms with Crippen LogP contribution >= 0.6 is 0 Å². The first-order valence-corrected chi connectivity index (χ1v) is 7.79. The van der Waals surface area contributed by atoms with Gasteiger partial charge in [-0.15, -0.1) is 0 Å². The predicted octanol–water partition coefficient (Wildman–Crippen LogP) is 0.800. The van der Waals surface area contributed by atoms with Crippen LogP contribution < -0.4 is 5.32 Å². The Morgan fingerprint density at radius 3 is 2.19 bits per heavy atom. The van der Waals surface area contributed by atoms with Crippen LogP contribution in [0.3, 0.4) is 0 Å². The number of nitrogens with one attached hydrogen (secondary N) is 1. The first-order chi connectivity index (χ1) is 7.25. The third kappa shape index (κ3) is 2.13. The molecule has 0 unspecified atom stereocenters. The van der Waals surface area contributed by atoms with E-state index in [1.54, 1.807) is 4.31 Å². The molecule has 0 aliphatic carbocycles. The average Bonchev–Trinajstić information content (AvgIpc) is 2.38. The van der Waals surface area contributed by atoms with Crippen molar-refractivity contribution in [2.45, 2.75) is 38.6 Å². The normalized spacial score (nSPS) is 29.7. The van der Waals surface area contributed by atoms with Gasteiger partial charge in [0.1, 0.15) is 0 Å². The van der Waals surface area contributed by atoms with E-state index in [0.717, 1.165) is 32.4 Å². The van der Waals surface area contributed by atoms with E-state index in [0.29, 0.717) is 6.54 Å². The van der Waals surface area contributed by atoms with Gasteiger partial charge in [0.05, 0.1) is 6.26 Å². The molecule has 1 N–H and O–H groups in total. The van der Waals surface area contributed by atoms with Crippen LogP contribution in [0.4, 0.5) is 0 Å². The first kappa shape index (κ1) is 12.3. The molecule has 0 radical (unpaired) electrons. The maximum atomic E-state index is 11.8. The zero-order chi connectivity index (χ0) is 12.0. The largest absolute Gasteiger partial charge is 0.317 e. The molecule has 2 heterocycles. The molecule has 2 aliphatic heterocycles. The molecule has 0 bridgehead atoms. The van der Waals surface area contributed by atoms with Gasteiger partial charge in [-0.1, -0.05) is 0 Å². The van der Waals surface area contributed by atoms with Gasteiger partial charge in [0.25, 0.3) is 0 Å². The number of sulfonamides is 1. The SMILES string of the molecule is CC1(C)CC2(CCNCC2)CN1S(C)(=O)=O. The lowest BCUT2D eigenvalue weighted by atomic mass is 9.75. The van der Waals surface area contributed by atoms with Crippen LogP contribution in [0.5, 0.6) is 0 Å². The second-order valence-electron chi connectivity index (χ2n) is 6.01. The standard InChI is InChI=1S/C11H22N2O2S/c1-10(2)8-11(4-6-12-7-5-11)9-13(10)16(3,14)15/h12H,4-9H2,1-3H3. The molecule has 2 fully saturated rings. The number of piperidine rings is 1. The van der Waals surface area contributed by atoms with Crippen LogP contribution in [0.2, 0.25) is 0 Å². The molecule has 0 aromatic carbocycles. The first-order valence-electron chi connectivity index (χ1n) is 5.94.